The molecule has 2 aromatic carbocycles. The second-order valence-electron chi connectivity index (χ2n) is 3.50. The Hall–Kier alpha value is -1.61. The molecule has 0 fully saturated rings. The van der Waals surface area contributed by atoms with Crippen molar-refractivity contribution < 1.29 is 14.4 Å². The number of H-pyrrole nitrogens is 1. The molecule has 0 aliphatic rings. The van der Waals surface area contributed by atoms with Gasteiger partial charge in [0, 0.05) is 21.8 Å². The smallest absolute Gasteiger partial charge is 0.314 e. The molecule has 5 heteroatoms. The maximum absolute atomic E-state index is 8.74. The van der Waals surface area contributed by atoms with Crippen LogP contribution in [0.4, 0.5) is 0 Å². The van der Waals surface area contributed by atoms with E-state index in [4.69, 9.17) is 14.4 Å². The lowest BCUT2D eigenvalue weighted by molar-refractivity contribution is 0.405. The first-order chi connectivity index (χ1) is 8.18. The standard InChI is InChI=1S/C12H9N.H3O3P/c1-3-7-11-9(5-1)10-6-2-4-8-12(10)13-11;1-4(2)3/h1-8,13H;4H,(H2,1,2,3). The molecule has 0 unspecified atom stereocenters. The maximum Gasteiger partial charge on any atom is 0.314 e. The van der Waals surface area contributed by atoms with Crippen LogP contribution in [0.5, 0.6) is 0 Å². The molecule has 0 radical (unpaired) electrons. The number of benzene rings is 2. The van der Waals surface area contributed by atoms with Gasteiger partial charge in [0.2, 0.25) is 0 Å². The number of fused-ring (bicyclic) bond motifs is 3. The minimum absolute atomic E-state index is 1.21. The molecule has 1 heterocycles. The molecule has 0 spiro atoms. The molecule has 0 atom stereocenters. The van der Waals surface area contributed by atoms with Crippen molar-refractivity contribution in [2.24, 2.45) is 0 Å². The van der Waals surface area contributed by atoms with Gasteiger partial charge in [-0.1, -0.05) is 36.4 Å². The Kier molecular flexibility index (Phi) is 3.59. The van der Waals surface area contributed by atoms with Crippen LogP contribution in [-0.4, -0.2) is 14.8 Å². The highest BCUT2D eigenvalue weighted by atomic mass is 31.1. The van der Waals surface area contributed by atoms with E-state index in [2.05, 4.69) is 53.5 Å². The van der Waals surface area contributed by atoms with Crippen LogP contribution in [0.3, 0.4) is 0 Å². The van der Waals surface area contributed by atoms with Crippen LogP contribution in [0.1, 0.15) is 0 Å². The number of rotatable bonds is 0. The Balaban J connectivity index is 0.000000239. The molecule has 3 N–H and O–H groups in total. The molecular formula is C12H12NO3P. The number of hydrogen-bond donors (Lipinski definition) is 3. The maximum atomic E-state index is 8.74. The highest BCUT2D eigenvalue weighted by Gasteiger charge is 2.00. The predicted molar refractivity (Wildman–Crippen MR) is 69.2 cm³/mol. The van der Waals surface area contributed by atoms with E-state index in [1.807, 2.05) is 0 Å². The van der Waals surface area contributed by atoms with Gasteiger partial charge in [0.15, 0.2) is 0 Å². The monoisotopic (exact) mass is 249 g/mol. The van der Waals surface area contributed by atoms with Gasteiger partial charge in [0.25, 0.3) is 0 Å². The number of nitrogens with one attached hydrogen (secondary N) is 1. The normalized spacial score (nSPS) is 10.5. The van der Waals surface area contributed by atoms with Crippen LogP contribution in [0.2, 0.25) is 0 Å². The van der Waals surface area contributed by atoms with Crippen molar-refractivity contribution in [2.45, 2.75) is 0 Å². The summed E-state index contributed by atoms with van der Waals surface area (Å²) in [6.45, 7) is 0. The third-order valence-corrected chi connectivity index (χ3v) is 2.41. The molecule has 0 amide bonds. The summed E-state index contributed by atoms with van der Waals surface area (Å²) in [5, 5.41) is 2.61. The lowest BCUT2D eigenvalue weighted by Gasteiger charge is -1.87. The number of hydrogen-bond acceptors (Lipinski definition) is 1. The molecule has 0 aliphatic carbocycles. The molecule has 0 bridgehead atoms. The highest BCUT2D eigenvalue weighted by molar-refractivity contribution is 7.30. The number of aromatic amines is 1. The molecule has 4 nitrogen and oxygen atoms in total. The fourth-order valence-electron chi connectivity index (χ4n) is 1.80. The van der Waals surface area contributed by atoms with Crippen molar-refractivity contribution in [3.8, 4) is 0 Å². The van der Waals surface area contributed by atoms with E-state index >= 15 is 0 Å². The SMILES string of the molecule is O=[PH](O)O.c1ccc2c(c1)[nH]c1ccccc12. The molecule has 1 aromatic heterocycles. The van der Waals surface area contributed by atoms with Crippen LogP contribution in [0.25, 0.3) is 21.8 Å². The van der Waals surface area contributed by atoms with Crippen molar-refractivity contribution in [2.75, 3.05) is 0 Å². The van der Waals surface area contributed by atoms with Crippen LogP contribution in [0, 0.1) is 0 Å². The van der Waals surface area contributed by atoms with E-state index in [9.17, 15) is 0 Å². The van der Waals surface area contributed by atoms with Crippen LogP contribution >= 0.6 is 8.25 Å². The summed E-state index contributed by atoms with van der Waals surface area (Å²) in [7, 11) is -3.13. The first-order valence-corrected chi connectivity index (χ1v) is 6.36. The summed E-state index contributed by atoms with van der Waals surface area (Å²) in [5.41, 5.74) is 2.42. The molecule has 0 saturated carbocycles. The summed E-state index contributed by atoms with van der Waals surface area (Å²) >= 11 is 0. The Morgan fingerprint density at radius 1 is 0.824 bits per heavy atom. The van der Waals surface area contributed by atoms with Crippen molar-refractivity contribution >= 4 is 30.1 Å². The van der Waals surface area contributed by atoms with Gasteiger partial charge < -0.3 is 14.8 Å². The largest absolute Gasteiger partial charge is 0.355 e. The van der Waals surface area contributed by atoms with E-state index in [0.717, 1.165) is 0 Å². The zero-order valence-corrected chi connectivity index (χ0v) is 9.92. The highest BCUT2D eigenvalue weighted by Crippen LogP contribution is 2.24. The summed E-state index contributed by atoms with van der Waals surface area (Å²) in [4.78, 5) is 17.7. The van der Waals surface area contributed by atoms with E-state index in [-0.39, 0.29) is 0 Å². The third-order valence-electron chi connectivity index (χ3n) is 2.41. The fraction of sp³-hybridized carbons (Fsp3) is 0. The number of para-hydroxylation sites is 2. The molecule has 17 heavy (non-hydrogen) atoms. The minimum Gasteiger partial charge on any atom is -0.355 e. The average Bonchev–Trinajstić information content (AvgIpc) is 2.66. The molecule has 0 saturated heterocycles. The third kappa shape index (κ3) is 2.74. The first kappa shape index (κ1) is 11.9. The Bertz CT molecular complexity index is 608. The second-order valence-corrected chi connectivity index (χ2v) is 4.06. The van der Waals surface area contributed by atoms with Gasteiger partial charge in [-0.25, -0.2) is 0 Å². The van der Waals surface area contributed by atoms with Crippen LogP contribution in [0.15, 0.2) is 48.5 Å². The quantitative estimate of drug-likeness (QED) is 0.536. The molecule has 3 aromatic rings. The van der Waals surface area contributed by atoms with Crippen LogP contribution < -0.4 is 0 Å². The first-order valence-electron chi connectivity index (χ1n) is 5.06. The molecule has 3 rings (SSSR count). The Morgan fingerprint density at radius 2 is 1.18 bits per heavy atom. The summed E-state index contributed by atoms with van der Waals surface area (Å²) in [6, 6.07) is 16.8. The van der Waals surface area contributed by atoms with E-state index < -0.39 is 8.25 Å². The molecular weight excluding hydrogens is 237 g/mol. The van der Waals surface area contributed by atoms with E-state index in [1.165, 1.54) is 21.8 Å². The van der Waals surface area contributed by atoms with Gasteiger partial charge >= 0.3 is 8.25 Å². The zero-order chi connectivity index (χ0) is 12.3. The molecule has 0 aliphatic heterocycles. The van der Waals surface area contributed by atoms with Crippen molar-refractivity contribution in [1.82, 2.24) is 4.98 Å². The topological polar surface area (TPSA) is 73.3 Å². The Morgan fingerprint density at radius 3 is 1.59 bits per heavy atom. The predicted octanol–water partition coefficient (Wildman–Crippen LogP) is 2.68. The Labute approximate surface area is 98.5 Å². The van der Waals surface area contributed by atoms with Gasteiger partial charge in [-0.05, 0) is 12.1 Å². The number of aromatic nitrogens is 1. The van der Waals surface area contributed by atoms with Gasteiger partial charge in [-0.2, -0.15) is 0 Å². The zero-order valence-electron chi connectivity index (χ0n) is 8.92. The summed E-state index contributed by atoms with van der Waals surface area (Å²) < 4.78 is 8.74. The average molecular weight is 249 g/mol. The van der Waals surface area contributed by atoms with Crippen molar-refractivity contribution in [3.63, 3.8) is 0 Å². The van der Waals surface area contributed by atoms with Crippen LogP contribution in [-0.2, 0) is 4.57 Å². The van der Waals surface area contributed by atoms with Crippen molar-refractivity contribution in [1.29, 1.82) is 0 Å². The van der Waals surface area contributed by atoms with Gasteiger partial charge in [-0.15, -0.1) is 0 Å². The van der Waals surface area contributed by atoms with Gasteiger partial charge in [0.1, 0.15) is 0 Å². The minimum atomic E-state index is -3.13. The molecule has 88 valence electrons. The van der Waals surface area contributed by atoms with Crippen molar-refractivity contribution in [3.05, 3.63) is 48.5 Å². The van der Waals surface area contributed by atoms with E-state index in [1.54, 1.807) is 0 Å². The van der Waals surface area contributed by atoms with Gasteiger partial charge in [0.05, 0.1) is 0 Å². The fourth-order valence-corrected chi connectivity index (χ4v) is 1.80. The lowest BCUT2D eigenvalue weighted by Crippen LogP contribution is -1.62. The lowest BCUT2D eigenvalue weighted by atomic mass is 10.2. The summed E-state index contributed by atoms with van der Waals surface area (Å²) in [5.74, 6) is 0. The second kappa shape index (κ2) is 5.15. The summed E-state index contributed by atoms with van der Waals surface area (Å²) in [6.07, 6.45) is 0. The van der Waals surface area contributed by atoms with Gasteiger partial charge in [-0.3, -0.25) is 4.57 Å². The van der Waals surface area contributed by atoms with E-state index in [0.29, 0.717) is 0 Å².